The largest absolute Gasteiger partial charge is 0.481 e. The van der Waals surface area contributed by atoms with Gasteiger partial charge in [-0.25, -0.2) is 0 Å². The van der Waals surface area contributed by atoms with Crippen molar-refractivity contribution in [1.29, 1.82) is 0 Å². The molecule has 1 aliphatic rings. The minimum Gasteiger partial charge on any atom is -0.481 e. The highest BCUT2D eigenvalue weighted by molar-refractivity contribution is 6.14. The van der Waals surface area contributed by atoms with Crippen molar-refractivity contribution in [2.45, 2.75) is 6.04 Å². The van der Waals surface area contributed by atoms with Crippen molar-refractivity contribution in [1.82, 2.24) is 5.32 Å². The molecule has 3 rings (SSSR count). The summed E-state index contributed by atoms with van der Waals surface area (Å²) in [6, 6.07) is 13.3. The summed E-state index contributed by atoms with van der Waals surface area (Å²) in [5, 5.41) is 22.6. The lowest BCUT2D eigenvalue weighted by Crippen LogP contribution is -2.46. The first kappa shape index (κ1) is 16.3. The fourth-order valence-electron chi connectivity index (χ4n) is 2.64. The highest BCUT2D eigenvalue weighted by Gasteiger charge is 2.40. The van der Waals surface area contributed by atoms with Crippen LogP contribution in [0, 0.1) is 16.0 Å². The Morgan fingerprint density at radius 2 is 1.76 bits per heavy atom. The number of amides is 1. The van der Waals surface area contributed by atoms with Gasteiger partial charge in [0.2, 0.25) is 5.91 Å². The van der Waals surface area contributed by atoms with E-state index >= 15 is 0 Å². The molecule has 0 saturated carbocycles. The number of nitro groups is 1. The number of carbonyl (C=O) groups is 2. The van der Waals surface area contributed by atoms with Crippen molar-refractivity contribution in [3.05, 3.63) is 75.8 Å². The van der Waals surface area contributed by atoms with Gasteiger partial charge in [0.15, 0.2) is 5.92 Å². The van der Waals surface area contributed by atoms with E-state index in [1.54, 1.807) is 30.3 Å². The first-order valence-electron chi connectivity index (χ1n) is 7.38. The van der Waals surface area contributed by atoms with Gasteiger partial charge < -0.3 is 10.4 Å². The first-order chi connectivity index (χ1) is 12.0. The van der Waals surface area contributed by atoms with Crippen molar-refractivity contribution in [2.24, 2.45) is 10.9 Å². The predicted molar refractivity (Wildman–Crippen MR) is 88.1 cm³/mol. The van der Waals surface area contributed by atoms with Gasteiger partial charge >= 0.3 is 5.97 Å². The quantitative estimate of drug-likeness (QED) is 0.500. The van der Waals surface area contributed by atoms with E-state index in [4.69, 9.17) is 0 Å². The zero-order valence-electron chi connectivity index (χ0n) is 12.8. The van der Waals surface area contributed by atoms with Gasteiger partial charge in [0, 0.05) is 17.7 Å². The molecule has 1 heterocycles. The molecule has 0 radical (unpaired) electrons. The number of hydrogen-bond donors (Lipinski definition) is 2. The molecule has 2 atom stereocenters. The standard InChI is InChI=1S/C17H13N3O5/c21-16-13(17(22)23)14(10-4-2-1-3-5-10)18-15(19-16)11-6-8-12(9-7-11)20(24)25/h1-9,13-14H,(H,22,23)(H,18,19,21). The third-order valence-electron chi connectivity index (χ3n) is 3.87. The number of nitrogens with zero attached hydrogens (tertiary/aromatic N) is 2. The van der Waals surface area contributed by atoms with Gasteiger partial charge in [-0.1, -0.05) is 30.3 Å². The zero-order valence-corrected chi connectivity index (χ0v) is 12.8. The molecule has 8 nitrogen and oxygen atoms in total. The molecule has 0 spiro atoms. The molecule has 2 N–H and O–H groups in total. The number of benzene rings is 2. The maximum absolute atomic E-state index is 12.3. The van der Waals surface area contributed by atoms with Gasteiger partial charge in [0.1, 0.15) is 5.84 Å². The van der Waals surface area contributed by atoms with Crippen LogP contribution in [0.1, 0.15) is 17.2 Å². The molecule has 0 bridgehead atoms. The first-order valence-corrected chi connectivity index (χ1v) is 7.38. The number of nitro benzene ring substituents is 1. The van der Waals surface area contributed by atoms with Gasteiger partial charge in [-0.15, -0.1) is 0 Å². The number of carbonyl (C=O) groups excluding carboxylic acids is 1. The Balaban J connectivity index is 2.03. The average Bonchev–Trinajstić information content (AvgIpc) is 2.61. The predicted octanol–water partition coefficient (Wildman–Crippen LogP) is 1.91. The maximum atomic E-state index is 12.3. The van der Waals surface area contributed by atoms with Crippen molar-refractivity contribution >= 4 is 23.4 Å². The summed E-state index contributed by atoms with van der Waals surface area (Å²) in [5.41, 5.74) is 0.974. The Morgan fingerprint density at radius 1 is 1.12 bits per heavy atom. The number of amidine groups is 1. The molecule has 2 aromatic carbocycles. The monoisotopic (exact) mass is 339 g/mol. The number of non-ortho nitro benzene ring substituents is 1. The lowest BCUT2D eigenvalue weighted by atomic mass is 9.91. The molecule has 25 heavy (non-hydrogen) atoms. The van der Waals surface area contributed by atoms with E-state index in [0.717, 1.165) is 0 Å². The number of aliphatic imine (C=N–C) groups is 1. The van der Waals surface area contributed by atoms with Crippen LogP contribution in [0.5, 0.6) is 0 Å². The fraction of sp³-hybridized carbons (Fsp3) is 0.118. The van der Waals surface area contributed by atoms with Crippen LogP contribution in [0.2, 0.25) is 0 Å². The van der Waals surface area contributed by atoms with Crippen molar-refractivity contribution in [3.8, 4) is 0 Å². The van der Waals surface area contributed by atoms with Gasteiger partial charge in [-0.05, 0) is 17.7 Å². The lowest BCUT2D eigenvalue weighted by molar-refractivity contribution is -0.384. The second-order valence-electron chi connectivity index (χ2n) is 5.44. The smallest absolute Gasteiger partial charge is 0.318 e. The summed E-state index contributed by atoms with van der Waals surface area (Å²) in [4.78, 5) is 38.4. The fourth-order valence-corrected chi connectivity index (χ4v) is 2.64. The van der Waals surface area contributed by atoms with E-state index in [0.29, 0.717) is 11.1 Å². The van der Waals surface area contributed by atoms with E-state index in [2.05, 4.69) is 10.3 Å². The Bertz CT molecular complexity index is 862. The third kappa shape index (κ3) is 3.23. The van der Waals surface area contributed by atoms with Crippen molar-refractivity contribution < 1.29 is 19.6 Å². The van der Waals surface area contributed by atoms with Crippen LogP contribution in [-0.4, -0.2) is 27.7 Å². The van der Waals surface area contributed by atoms with Crippen LogP contribution >= 0.6 is 0 Å². The van der Waals surface area contributed by atoms with Crippen molar-refractivity contribution in [3.63, 3.8) is 0 Å². The van der Waals surface area contributed by atoms with Gasteiger partial charge in [-0.2, -0.15) is 0 Å². The van der Waals surface area contributed by atoms with Crippen LogP contribution in [0.3, 0.4) is 0 Å². The van der Waals surface area contributed by atoms with E-state index in [-0.39, 0.29) is 11.5 Å². The lowest BCUT2D eigenvalue weighted by Gasteiger charge is -2.27. The molecule has 1 aliphatic heterocycles. The Kier molecular flexibility index (Phi) is 4.25. The van der Waals surface area contributed by atoms with Crippen LogP contribution in [0.4, 0.5) is 5.69 Å². The van der Waals surface area contributed by atoms with Crippen LogP contribution in [-0.2, 0) is 9.59 Å². The third-order valence-corrected chi connectivity index (χ3v) is 3.87. The topological polar surface area (TPSA) is 122 Å². The molecular weight excluding hydrogens is 326 g/mol. The normalized spacial score (nSPS) is 19.7. The average molecular weight is 339 g/mol. The molecule has 2 unspecified atom stereocenters. The molecule has 1 amide bonds. The molecule has 0 saturated heterocycles. The molecule has 0 aromatic heterocycles. The zero-order chi connectivity index (χ0) is 18.0. The molecule has 8 heteroatoms. The summed E-state index contributed by atoms with van der Waals surface area (Å²) in [6.45, 7) is 0. The van der Waals surface area contributed by atoms with Crippen molar-refractivity contribution in [2.75, 3.05) is 0 Å². The van der Waals surface area contributed by atoms with E-state index < -0.39 is 28.8 Å². The van der Waals surface area contributed by atoms with E-state index in [1.807, 2.05) is 0 Å². The summed E-state index contributed by atoms with van der Waals surface area (Å²) in [5.74, 6) is -3.10. The van der Waals surface area contributed by atoms with E-state index in [9.17, 15) is 24.8 Å². The van der Waals surface area contributed by atoms with Crippen LogP contribution in [0.15, 0.2) is 59.6 Å². The molecule has 2 aromatic rings. The summed E-state index contributed by atoms with van der Waals surface area (Å²) in [7, 11) is 0. The van der Waals surface area contributed by atoms with E-state index in [1.165, 1.54) is 24.3 Å². The highest BCUT2D eigenvalue weighted by atomic mass is 16.6. The Labute approximate surface area is 142 Å². The number of hydrogen-bond acceptors (Lipinski definition) is 5. The molecular formula is C17H13N3O5. The Morgan fingerprint density at radius 3 is 2.32 bits per heavy atom. The second kappa shape index (κ2) is 6.52. The minimum absolute atomic E-state index is 0.0884. The highest BCUT2D eigenvalue weighted by Crippen LogP contribution is 2.30. The number of nitrogens with one attached hydrogen (secondary N) is 1. The van der Waals surface area contributed by atoms with Crippen LogP contribution in [0.25, 0.3) is 0 Å². The molecule has 0 aliphatic carbocycles. The second-order valence-corrected chi connectivity index (χ2v) is 5.44. The minimum atomic E-state index is -1.34. The molecule has 126 valence electrons. The molecule has 0 fully saturated rings. The number of carboxylic acids is 1. The number of rotatable bonds is 4. The SMILES string of the molecule is O=C(O)C1C(=O)NC(c2ccc([N+](=O)[O-])cc2)=NC1c1ccccc1. The van der Waals surface area contributed by atoms with Gasteiger partial charge in [0.05, 0.1) is 11.0 Å². The van der Waals surface area contributed by atoms with Gasteiger partial charge in [-0.3, -0.25) is 24.7 Å². The van der Waals surface area contributed by atoms with Gasteiger partial charge in [0.25, 0.3) is 5.69 Å². The summed E-state index contributed by atoms with van der Waals surface area (Å²) in [6.07, 6.45) is 0. The summed E-state index contributed by atoms with van der Waals surface area (Å²) >= 11 is 0. The number of carboxylic acid groups (broad SMARTS) is 1. The summed E-state index contributed by atoms with van der Waals surface area (Å²) < 4.78 is 0. The van der Waals surface area contributed by atoms with Crippen LogP contribution < -0.4 is 5.32 Å². The number of aliphatic carboxylic acids is 1. The maximum Gasteiger partial charge on any atom is 0.318 e. The Hall–Kier alpha value is -3.55.